The fourth-order valence-electron chi connectivity index (χ4n) is 1.58. The summed E-state index contributed by atoms with van der Waals surface area (Å²) in [5.41, 5.74) is 1.77. The van der Waals surface area contributed by atoms with E-state index in [1.54, 1.807) is 23.0 Å². The van der Waals surface area contributed by atoms with Crippen molar-refractivity contribution < 1.29 is 8.78 Å². The zero-order valence-electron chi connectivity index (χ0n) is 7.75. The monoisotopic (exact) mass is 218 g/mol. The van der Waals surface area contributed by atoms with E-state index in [0.29, 0.717) is 13.1 Å². The van der Waals surface area contributed by atoms with E-state index >= 15 is 0 Å². The first kappa shape index (κ1) is 9.98. The summed E-state index contributed by atoms with van der Waals surface area (Å²) in [6.45, 7) is 1.75. The molecule has 0 bridgehead atoms. The standard InChI is InChI=1S/C9H12F2N2S/c10-9(11)1-3-13(4-2-9)6-8-5-12-7-14-8/h5,7H,1-4,6H2. The molecule has 1 aliphatic rings. The highest BCUT2D eigenvalue weighted by Crippen LogP contribution is 2.28. The van der Waals surface area contributed by atoms with E-state index in [-0.39, 0.29) is 12.8 Å². The first-order valence-corrected chi connectivity index (χ1v) is 5.51. The summed E-state index contributed by atoms with van der Waals surface area (Å²) >= 11 is 1.58. The third kappa shape index (κ3) is 2.48. The van der Waals surface area contributed by atoms with E-state index in [1.165, 1.54) is 0 Å². The highest BCUT2D eigenvalue weighted by Gasteiger charge is 2.33. The van der Waals surface area contributed by atoms with E-state index in [2.05, 4.69) is 9.88 Å². The summed E-state index contributed by atoms with van der Waals surface area (Å²) in [4.78, 5) is 7.17. The van der Waals surface area contributed by atoms with Gasteiger partial charge in [0.05, 0.1) is 5.51 Å². The largest absolute Gasteiger partial charge is 0.298 e. The van der Waals surface area contributed by atoms with Crippen molar-refractivity contribution in [1.29, 1.82) is 0 Å². The molecule has 0 saturated carbocycles. The van der Waals surface area contributed by atoms with Crippen molar-refractivity contribution in [3.05, 3.63) is 16.6 Å². The zero-order chi connectivity index (χ0) is 10.0. The normalized spacial score (nSPS) is 22.4. The van der Waals surface area contributed by atoms with Crippen LogP contribution in [0.25, 0.3) is 0 Å². The average Bonchev–Trinajstić information content (AvgIpc) is 2.61. The van der Waals surface area contributed by atoms with Crippen LogP contribution in [0, 0.1) is 0 Å². The molecule has 2 nitrogen and oxygen atoms in total. The third-order valence-electron chi connectivity index (χ3n) is 2.45. The number of aromatic nitrogens is 1. The van der Waals surface area contributed by atoms with Gasteiger partial charge in [-0.05, 0) is 0 Å². The molecular formula is C9H12F2N2S. The first-order valence-electron chi connectivity index (χ1n) is 4.63. The average molecular weight is 218 g/mol. The Morgan fingerprint density at radius 2 is 2.14 bits per heavy atom. The van der Waals surface area contributed by atoms with E-state index in [1.807, 2.05) is 0 Å². The third-order valence-corrected chi connectivity index (χ3v) is 3.21. The van der Waals surface area contributed by atoms with E-state index in [4.69, 9.17) is 0 Å². The predicted molar refractivity (Wildman–Crippen MR) is 51.6 cm³/mol. The molecule has 0 unspecified atom stereocenters. The topological polar surface area (TPSA) is 16.1 Å². The van der Waals surface area contributed by atoms with Gasteiger partial charge in [-0.3, -0.25) is 9.88 Å². The van der Waals surface area contributed by atoms with Crippen molar-refractivity contribution in [2.75, 3.05) is 13.1 Å². The molecule has 78 valence electrons. The van der Waals surface area contributed by atoms with Crippen molar-refractivity contribution in [1.82, 2.24) is 9.88 Å². The molecule has 1 aromatic rings. The molecule has 0 radical (unpaired) electrons. The second-order valence-electron chi connectivity index (χ2n) is 3.60. The maximum atomic E-state index is 12.8. The van der Waals surface area contributed by atoms with Gasteiger partial charge in [-0.25, -0.2) is 8.78 Å². The highest BCUT2D eigenvalue weighted by molar-refractivity contribution is 7.09. The van der Waals surface area contributed by atoms with Crippen LogP contribution >= 0.6 is 11.3 Å². The maximum absolute atomic E-state index is 12.8. The molecule has 0 N–H and O–H groups in total. The van der Waals surface area contributed by atoms with Crippen molar-refractivity contribution >= 4 is 11.3 Å². The Hall–Kier alpha value is -0.550. The summed E-state index contributed by atoms with van der Waals surface area (Å²) in [5, 5.41) is 0. The first-order chi connectivity index (χ1) is 6.66. The lowest BCUT2D eigenvalue weighted by atomic mass is 10.1. The number of halogens is 2. The maximum Gasteiger partial charge on any atom is 0.250 e. The summed E-state index contributed by atoms with van der Waals surface area (Å²) in [7, 11) is 0. The number of piperidine rings is 1. The predicted octanol–water partition coefficient (Wildman–Crippen LogP) is 2.37. The molecule has 0 aromatic carbocycles. The van der Waals surface area contributed by atoms with Crippen LogP contribution in [0.3, 0.4) is 0 Å². The van der Waals surface area contributed by atoms with Crippen LogP contribution in [0.1, 0.15) is 17.7 Å². The van der Waals surface area contributed by atoms with Crippen LogP contribution in [0.15, 0.2) is 11.7 Å². The second kappa shape index (κ2) is 3.90. The Morgan fingerprint density at radius 3 is 2.71 bits per heavy atom. The molecule has 1 fully saturated rings. The zero-order valence-corrected chi connectivity index (χ0v) is 8.57. The molecular weight excluding hydrogens is 206 g/mol. The Bertz CT molecular complexity index is 277. The molecule has 0 atom stereocenters. The van der Waals surface area contributed by atoms with Gasteiger partial charge in [-0.15, -0.1) is 11.3 Å². The number of rotatable bonds is 2. The minimum Gasteiger partial charge on any atom is -0.298 e. The van der Waals surface area contributed by atoms with Gasteiger partial charge in [0, 0.05) is 43.5 Å². The Balaban J connectivity index is 1.85. The summed E-state index contributed by atoms with van der Waals surface area (Å²) in [6.07, 6.45) is 1.79. The van der Waals surface area contributed by atoms with Gasteiger partial charge < -0.3 is 0 Å². The van der Waals surface area contributed by atoms with Crippen LogP contribution in [-0.4, -0.2) is 28.9 Å². The van der Waals surface area contributed by atoms with Gasteiger partial charge in [0.25, 0.3) is 5.92 Å². The van der Waals surface area contributed by atoms with Crippen molar-refractivity contribution in [2.24, 2.45) is 0 Å². The Kier molecular flexibility index (Phi) is 2.78. The lowest BCUT2D eigenvalue weighted by Crippen LogP contribution is -2.38. The van der Waals surface area contributed by atoms with Gasteiger partial charge in [0.1, 0.15) is 0 Å². The van der Waals surface area contributed by atoms with Gasteiger partial charge in [0.15, 0.2) is 0 Å². The molecule has 2 rings (SSSR count). The van der Waals surface area contributed by atoms with Crippen molar-refractivity contribution in [3.63, 3.8) is 0 Å². The molecule has 1 aromatic heterocycles. The van der Waals surface area contributed by atoms with Gasteiger partial charge in [0.2, 0.25) is 0 Å². The van der Waals surface area contributed by atoms with Gasteiger partial charge in [-0.1, -0.05) is 0 Å². The second-order valence-corrected chi connectivity index (χ2v) is 4.57. The summed E-state index contributed by atoms with van der Waals surface area (Å²) in [5.74, 6) is -2.44. The molecule has 14 heavy (non-hydrogen) atoms. The van der Waals surface area contributed by atoms with Crippen LogP contribution in [0.4, 0.5) is 8.78 Å². The van der Waals surface area contributed by atoms with Crippen molar-refractivity contribution in [3.8, 4) is 0 Å². The number of nitrogens with zero attached hydrogens (tertiary/aromatic N) is 2. The molecule has 2 heterocycles. The minimum absolute atomic E-state index is 0.00813. The molecule has 5 heteroatoms. The fraction of sp³-hybridized carbons (Fsp3) is 0.667. The quantitative estimate of drug-likeness (QED) is 0.757. The van der Waals surface area contributed by atoms with E-state index < -0.39 is 5.92 Å². The van der Waals surface area contributed by atoms with E-state index in [9.17, 15) is 8.78 Å². The number of alkyl halides is 2. The number of thiazole rings is 1. The molecule has 1 aliphatic heterocycles. The van der Waals surface area contributed by atoms with Crippen LogP contribution in [0.5, 0.6) is 0 Å². The molecule has 0 amide bonds. The van der Waals surface area contributed by atoms with Crippen LogP contribution in [0.2, 0.25) is 0 Å². The fourth-order valence-corrected chi connectivity index (χ4v) is 2.21. The molecule has 0 spiro atoms. The number of likely N-dealkylation sites (tertiary alicyclic amines) is 1. The lowest BCUT2D eigenvalue weighted by Gasteiger charge is -2.31. The van der Waals surface area contributed by atoms with Crippen molar-refractivity contribution in [2.45, 2.75) is 25.3 Å². The van der Waals surface area contributed by atoms with Crippen LogP contribution in [-0.2, 0) is 6.54 Å². The van der Waals surface area contributed by atoms with Gasteiger partial charge in [-0.2, -0.15) is 0 Å². The lowest BCUT2D eigenvalue weighted by molar-refractivity contribution is -0.0564. The van der Waals surface area contributed by atoms with Crippen LogP contribution < -0.4 is 0 Å². The summed E-state index contributed by atoms with van der Waals surface area (Å²) < 4.78 is 25.6. The Labute approximate surface area is 85.6 Å². The SMILES string of the molecule is FC1(F)CCN(Cc2cncs2)CC1. The number of hydrogen-bond acceptors (Lipinski definition) is 3. The smallest absolute Gasteiger partial charge is 0.250 e. The Morgan fingerprint density at radius 1 is 1.43 bits per heavy atom. The number of hydrogen-bond donors (Lipinski definition) is 0. The summed E-state index contributed by atoms with van der Waals surface area (Å²) in [6, 6.07) is 0. The van der Waals surface area contributed by atoms with Gasteiger partial charge >= 0.3 is 0 Å². The van der Waals surface area contributed by atoms with E-state index in [0.717, 1.165) is 11.4 Å². The minimum atomic E-state index is -2.44. The molecule has 0 aliphatic carbocycles. The molecule has 1 saturated heterocycles. The highest BCUT2D eigenvalue weighted by atomic mass is 32.1.